The Morgan fingerprint density at radius 2 is 1.77 bits per heavy atom. The normalized spacial score (nSPS) is 24.9. The van der Waals surface area contributed by atoms with Gasteiger partial charge in [-0.15, -0.1) is 0 Å². The van der Waals surface area contributed by atoms with E-state index in [2.05, 4.69) is 10.6 Å². The summed E-state index contributed by atoms with van der Waals surface area (Å²) in [6.07, 6.45) is -3.13. The Balaban J connectivity index is 1.57. The Morgan fingerprint density at radius 1 is 1.09 bits per heavy atom. The number of hydrogen-bond donors (Lipinski definition) is 2. The molecule has 1 fully saturated rings. The quantitative estimate of drug-likeness (QED) is 0.881. The number of benzene rings is 1. The molecule has 0 atom stereocenters. The number of amides is 1. The molecule has 0 unspecified atom stereocenters. The van der Waals surface area contributed by atoms with Crippen LogP contribution in [-0.2, 0) is 13.1 Å². The SMILES string of the molecule is O=C(NC1CCC(C(F)(F)F)CC1)c1ccc2c(c1)CNC2. The van der Waals surface area contributed by atoms with Crippen molar-refractivity contribution in [2.24, 2.45) is 5.92 Å². The molecule has 0 spiro atoms. The average Bonchev–Trinajstić information content (AvgIpc) is 2.94. The van der Waals surface area contributed by atoms with E-state index < -0.39 is 12.1 Å². The molecular formula is C16H19F3N2O. The van der Waals surface area contributed by atoms with Gasteiger partial charge in [0.05, 0.1) is 5.92 Å². The fourth-order valence-electron chi connectivity index (χ4n) is 3.27. The van der Waals surface area contributed by atoms with Crippen LogP contribution in [0, 0.1) is 5.92 Å². The summed E-state index contributed by atoms with van der Waals surface area (Å²) in [5, 5.41) is 6.09. The second-order valence-corrected chi connectivity index (χ2v) is 6.15. The van der Waals surface area contributed by atoms with Gasteiger partial charge < -0.3 is 10.6 Å². The second kappa shape index (κ2) is 5.91. The van der Waals surface area contributed by atoms with E-state index in [0.29, 0.717) is 18.4 Å². The van der Waals surface area contributed by atoms with Crippen molar-refractivity contribution in [1.82, 2.24) is 10.6 Å². The van der Waals surface area contributed by atoms with Crippen LogP contribution in [0.1, 0.15) is 47.2 Å². The van der Waals surface area contributed by atoms with E-state index in [4.69, 9.17) is 0 Å². The maximum absolute atomic E-state index is 12.6. The van der Waals surface area contributed by atoms with Gasteiger partial charge in [-0.05, 0) is 48.9 Å². The van der Waals surface area contributed by atoms with Gasteiger partial charge in [-0.1, -0.05) is 6.07 Å². The molecule has 2 aliphatic rings. The molecule has 3 rings (SSSR count). The monoisotopic (exact) mass is 312 g/mol. The lowest BCUT2D eigenvalue weighted by molar-refractivity contribution is -0.182. The minimum Gasteiger partial charge on any atom is -0.349 e. The second-order valence-electron chi connectivity index (χ2n) is 6.15. The zero-order valence-electron chi connectivity index (χ0n) is 12.2. The molecule has 1 heterocycles. The first-order valence-corrected chi connectivity index (χ1v) is 7.63. The van der Waals surface area contributed by atoms with E-state index in [0.717, 1.165) is 18.7 Å². The standard InChI is InChI=1S/C16H19F3N2O/c17-16(18,19)13-3-5-14(6-4-13)21-15(22)10-1-2-11-8-20-9-12(11)7-10/h1-2,7,13-14,20H,3-6,8-9H2,(H,21,22). The number of carbonyl (C=O) groups excluding carboxylic acids is 1. The van der Waals surface area contributed by atoms with Crippen molar-refractivity contribution in [2.75, 3.05) is 0 Å². The van der Waals surface area contributed by atoms with Crippen LogP contribution in [0.5, 0.6) is 0 Å². The van der Waals surface area contributed by atoms with E-state index in [1.165, 1.54) is 5.56 Å². The summed E-state index contributed by atoms with van der Waals surface area (Å²) in [5.74, 6) is -1.41. The minimum absolute atomic E-state index is 0.0998. The van der Waals surface area contributed by atoms with Crippen LogP contribution in [0.3, 0.4) is 0 Å². The van der Waals surface area contributed by atoms with Crippen LogP contribution in [0.25, 0.3) is 0 Å². The number of hydrogen-bond acceptors (Lipinski definition) is 2. The van der Waals surface area contributed by atoms with Gasteiger partial charge in [0.15, 0.2) is 0 Å². The number of alkyl halides is 3. The lowest BCUT2D eigenvalue weighted by Crippen LogP contribution is -2.40. The molecule has 1 aliphatic carbocycles. The van der Waals surface area contributed by atoms with E-state index in [1.807, 2.05) is 12.1 Å². The number of halogens is 3. The van der Waals surface area contributed by atoms with Crippen molar-refractivity contribution in [1.29, 1.82) is 0 Å². The van der Waals surface area contributed by atoms with Crippen molar-refractivity contribution in [2.45, 2.75) is 51.0 Å². The predicted octanol–water partition coefficient (Wildman–Crippen LogP) is 3.14. The summed E-state index contributed by atoms with van der Waals surface area (Å²) in [5.41, 5.74) is 2.90. The maximum atomic E-state index is 12.6. The third-order valence-corrected chi connectivity index (χ3v) is 4.62. The summed E-state index contributed by atoms with van der Waals surface area (Å²) in [6.45, 7) is 1.58. The molecule has 6 heteroatoms. The number of carbonyl (C=O) groups is 1. The van der Waals surface area contributed by atoms with Gasteiger partial charge >= 0.3 is 6.18 Å². The fourth-order valence-corrected chi connectivity index (χ4v) is 3.27. The van der Waals surface area contributed by atoms with Crippen LogP contribution in [0.2, 0.25) is 0 Å². The Hall–Kier alpha value is -1.56. The average molecular weight is 312 g/mol. The predicted molar refractivity (Wildman–Crippen MR) is 76.3 cm³/mol. The van der Waals surface area contributed by atoms with E-state index >= 15 is 0 Å². The van der Waals surface area contributed by atoms with E-state index in [1.54, 1.807) is 6.07 Å². The van der Waals surface area contributed by atoms with Gasteiger partial charge in [-0.25, -0.2) is 0 Å². The molecule has 0 aromatic heterocycles. The lowest BCUT2D eigenvalue weighted by atomic mass is 9.85. The first-order chi connectivity index (χ1) is 10.4. The lowest BCUT2D eigenvalue weighted by Gasteiger charge is -2.30. The summed E-state index contributed by atoms with van der Waals surface area (Å²) in [4.78, 5) is 12.2. The molecule has 120 valence electrons. The highest BCUT2D eigenvalue weighted by Crippen LogP contribution is 2.37. The van der Waals surface area contributed by atoms with E-state index in [9.17, 15) is 18.0 Å². The van der Waals surface area contributed by atoms with Crippen molar-refractivity contribution in [3.05, 3.63) is 34.9 Å². The van der Waals surface area contributed by atoms with Gasteiger partial charge in [0.25, 0.3) is 5.91 Å². The Morgan fingerprint density at radius 3 is 2.45 bits per heavy atom. The van der Waals surface area contributed by atoms with Gasteiger partial charge in [-0.3, -0.25) is 4.79 Å². The van der Waals surface area contributed by atoms with Crippen molar-refractivity contribution in [3.63, 3.8) is 0 Å². The van der Waals surface area contributed by atoms with Crippen LogP contribution < -0.4 is 10.6 Å². The summed E-state index contributed by atoms with van der Waals surface area (Å²) in [6, 6.07) is 5.43. The largest absolute Gasteiger partial charge is 0.391 e. The molecule has 22 heavy (non-hydrogen) atoms. The van der Waals surface area contributed by atoms with Crippen LogP contribution in [0.15, 0.2) is 18.2 Å². The molecular weight excluding hydrogens is 293 g/mol. The van der Waals surface area contributed by atoms with Crippen molar-refractivity contribution >= 4 is 5.91 Å². The summed E-state index contributed by atoms with van der Waals surface area (Å²) in [7, 11) is 0. The minimum atomic E-state index is -4.11. The Bertz CT molecular complexity index is 563. The first kappa shape index (κ1) is 15.3. The third-order valence-electron chi connectivity index (χ3n) is 4.62. The Kier molecular flexibility index (Phi) is 4.12. The smallest absolute Gasteiger partial charge is 0.349 e. The molecule has 0 saturated heterocycles. The molecule has 3 nitrogen and oxygen atoms in total. The highest BCUT2D eigenvalue weighted by Gasteiger charge is 2.41. The zero-order chi connectivity index (χ0) is 15.7. The van der Waals surface area contributed by atoms with Crippen LogP contribution >= 0.6 is 0 Å². The molecule has 0 radical (unpaired) electrons. The third kappa shape index (κ3) is 3.27. The number of rotatable bonds is 2. The molecule has 1 aromatic carbocycles. The molecule has 1 aromatic rings. The van der Waals surface area contributed by atoms with Crippen LogP contribution in [-0.4, -0.2) is 18.1 Å². The fraction of sp³-hybridized carbons (Fsp3) is 0.562. The first-order valence-electron chi connectivity index (χ1n) is 7.63. The molecule has 2 N–H and O–H groups in total. The maximum Gasteiger partial charge on any atom is 0.391 e. The summed E-state index contributed by atoms with van der Waals surface area (Å²) < 4.78 is 37.9. The highest BCUT2D eigenvalue weighted by atomic mass is 19.4. The molecule has 1 aliphatic heterocycles. The topological polar surface area (TPSA) is 41.1 Å². The van der Waals surface area contributed by atoms with Gasteiger partial charge in [-0.2, -0.15) is 13.2 Å². The zero-order valence-corrected chi connectivity index (χ0v) is 12.2. The van der Waals surface area contributed by atoms with Crippen LogP contribution in [0.4, 0.5) is 13.2 Å². The van der Waals surface area contributed by atoms with Crippen molar-refractivity contribution in [3.8, 4) is 0 Å². The van der Waals surface area contributed by atoms with Gasteiger partial charge in [0.1, 0.15) is 0 Å². The number of fused-ring (bicyclic) bond motifs is 1. The van der Waals surface area contributed by atoms with Gasteiger partial charge in [0, 0.05) is 24.7 Å². The summed E-state index contributed by atoms with van der Waals surface area (Å²) >= 11 is 0. The number of nitrogens with one attached hydrogen (secondary N) is 2. The van der Waals surface area contributed by atoms with Gasteiger partial charge in [0.2, 0.25) is 0 Å². The molecule has 0 bridgehead atoms. The van der Waals surface area contributed by atoms with Crippen molar-refractivity contribution < 1.29 is 18.0 Å². The highest BCUT2D eigenvalue weighted by molar-refractivity contribution is 5.94. The van der Waals surface area contributed by atoms with E-state index in [-0.39, 0.29) is 24.8 Å². The molecule has 1 amide bonds. The Labute approximate surface area is 127 Å². The molecule has 1 saturated carbocycles.